The summed E-state index contributed by atoms with van der Waals surface area (Å²) in [6, 6.07) is 6.82. The summed E-state index contributed by atoms with van der Waals surface area (Å²) in [4.78, 5) is 22.6. The average molecular weight is 288 g/mol. The second-order valence-electron chi connectivity index (χ2n) is 5.14. The van der Waals surface area contributed by atoms with Gasteiger partial charge in [0.2, 0.25) is 0 Å². The SMILES string of the molecule is O=C(NCCc1cccc(C(=O)O)c1)NC1CC=CCC1. The molecule has 0 saturated heterocycles. The van der Waals surface area contributed by atoms with Gasteiger partial charge in [0.05, 0.1) is 5.56 Å². The predicted octanol–water partition coefficient (Wildman–Crippen LogP) is 2.34. The Morgan fingerprint density at radius 3 is 2.86 bits per heavy atom. The van der Waals surface area contributed by atoms with Gasteiger partial charge in [0.1, 0.15) is 0 Å². The van der Waals surface area contributed by atoms with Gasteiger partial charge in [-0.1, -0.05) is 24.3 Å². The molecule has 1 atom stereocenters. The molecule has 1 aromatic carbocycles. The van der Waals surface area contributed by atoms with Crippen LogP contribution in [-0.2, 0) is 6.42 Å². The zero-order chi connectivity index (χ0) is 15.1. The fourth-order valence-corrected chi connectivity index (χ4v) is 2.34. The van der Waals surface area contributed by atoms with E-state index in [1.807, 2.05) is 6.07 Å². The number of carboxylic acids is 1. The van der Waals surface area contributed by atoms with E-state index in [1.165, 1.54) is 0 Å². The van der Waals surface area contributed by atoms with Crippen molar-refractivity contribution in [3.05, 3.63) is 47.5 Å². The number of aromatic carboxylic acids is 1. The van der Waals surface area contributed by atoms with E-state index in [0.717, 1.165) is 24.8 Å². The Labute approximate surface area is 124 Å². The zero-order valence-corrected chi connectivity index (χ0v) is 11.8. The van der Waals surface area contributed by atoms with E-state index in [-0.39, 0.29) is 17.6 Å². The van der Waals surface area contributed by atoms with Crippen molar-refractivity contribution < 1.29 is 14.7 Å². The maximum atomic E-state index is 11.7. The quantitative estimate of drug-likeness (QED) is 0.728. The summed E-state index contributed by atoms with van der Waals surface area (Å²) in [6.07, 6.45) is 7.70. The van der Waals surface area contributed by atoms with Gasteiger partial charge >= 0.3 is 12.0 Å². The lowest BCUT2D eigenvalue weighted by atomic mass is 10.0. The van der Waals surface area contributed by atoms with Crippen molar-refractivity contribution in [3.8, 4) is 0 Å². The second kappa shape index (κ2) is 7.47. The van der Waals surface area contributed by atoms with Crippen molar-refractivity contribution >= 4 is 12.0 Å². The summed E-state index contributed by atoms with van der Waals surface area (Å²) >= 11 is 0. The summed E-state index contributed by atoms with van der Waals surface area (Å²) in [5, 5.41) is 14.7. The lowest BCUT2D eigenvalue weighted by Gasteiger charge is -2.19. The number of allylic oxidation sites excluding steroid dienone is 1. The molecule has 3 N–H and O–H groups in total. The van der Waals surface area contributed by atoms with Crippen LogP contribution in [-0.4, -0.2) is 29.7 Å². The number of rotatable bonds is 5. The molecule has 5 heteroatoms. The third-order valence-corrected chi connectivity index (χ3v) is 3.48. The second-order valence-corrected chi connectivity index (χ2v) is 5.14. The Bertz CT molecular complexity index is 540. The molecule has 0 spiro atoms. The molecule has 2 rings (SSSR count). The summed E-state index contributed by atoms with van der Waals surface area (Å²) in [5.74, 6) is -0.937. The maximum Gasteiger partial charge on any atom is 0.335 e. The molecule has 5 nitrogen and oxygen atoms in total. The Balaban J connectivity index is 1.73. The summed E-state index contributed by atoms with van der Waals surface area (Å²) in [7, 11) is 0. The average Bonchev–Trinajstić information content (AvgIpc) is 2.48. The smallest absolute Gasteiger partial charge is 0.335 e. The lowest BCUT2D eigenvalue weighted by molar-refractivity contribution is 0.0696. The molecule has 1 aliphatic rings. The van der Waals surface area contributed by atoms with Gasteiger partial charge in [-0.05, 0) is 43.4 Å². The molecule has 1 unspecified atom stereocenters. The molecule has 0 aliphatic heterocycles. The first-order valence-electron chi connectivity index (χ1n) is 7.17. The molecule has 0 fully saturated rings. The van der Waals surface area contributed by atoms with Crippen LogP contribution in [0.15, 0.2) is 36.4 Å². The fraction of sp³-hybridized carbons (Fsp3) is 0.375. The van der Waals surface area contributed by atoms with E-state index in [0.29, 0.717) is 13.0 Å². The zero-order valence-electron chi connectivity index (χ0n) is 11.8. The number of carbonyl (C=O) groups is 2. The highest BCUT2D eigenvalue weighted by atomic mass is 16.4. The fourth-order valence-electron chi connectivity index (χ4n) is 2.34. The summed E-state index contributed by atoms with van der Waals surface area (Å²) in [5.41, 5.74) is 1.17. The van der Waals surface area contributed by atoms with E-state index >= 15 is 0 Å². The first-order chi connectivity index (χ1) is 10.1. The minimum atomic E-state index is -0.937. The standard InChI is InChI=1S/C16H20N2O3/c19-15(20)13-6-4-5-12(11-13)9-10-17-16(21)18-14-7-2-1-3-8-14/h1-2,4-6,11,14H,3,7-10H2,(H,19,20)(H2,17,18,21). The molecule has 0 saturated carbocycles. The van der Waals surface area contributed by atoms with Crippen LogP contribution in [0.4, 0.5) is 4.79 Å². The lowest BCUT2D eigenvalue weighted by Crippen LogP contribution is -2.43. The van der Waals surface area contributed by atoms with Crippen LogP contribution in [0.5, 0.6) is 0 Å². The molecule has 1 aromatic rings. The minimum Gasteiger partial charge on any atom is -0.478 e. The van der Waals surface area contributed by atoms with Crippen LogP contribution in [0.2, 0.25) is 0 Å². The van der Waals surface area contributed by atoms with Crippen molar-refractivity contribution in [2.75, 3.05) is 6.54 Å². The van der Waals surface area contributed by atoms with Crippen LogP contribution in [0.25, 0.3) is 0 Å². The van der Waals surface area contributed by atoms with Gasteiger partial charge < -0.3 is 15.7 Å². The number of carboxylic acid groups (broad SMARTS) is 1. The Hall–Kier alpha value is -2.30. The number of hydrogen-bond donors (Lipinski definition) is 3. The normalized spacial score (nSPS) is 17.2. The highest BCUT2D eigenvalue weighted by Gasteiger charge is 2.12. The van der Waals surface area contributed by atoms with E-state index in [4.69, 9.17) is 5.11 Å². The van der Waals surface area contributed by atoms with Crippen molar-refractivity contribution in [3.63, 3.8) is 0 Å². The molecule has 112 valence electrons. The van der Waals surface area contributed by atoms with Crippen LogP contribution in [0, 0.1) is 0 Å². The van der Waals surface area contributed by atoms with E-state index < -0.39 is 5.97 Å². The van der Waals surface area contributed by atoms with Crippen molar-refractivity contribution in [1.29, 1.82) is 0 Å². The Kier molecular flexibility index (Phi) is 5.37. The number of carbonyl (C=O) groups excluding carboxylic acids is 1. The highest BCUT2D eigenvalue weighted by Crippen LogP contribution is 2.10. The van der Waals surface area contributed by atoms with Gasteiger partial charge in [0, 0.05) is 12.6 Å². The van der Waals surface area contributed by atoms with Crippen LogP contribution < -0.4 is 10.6 Å². The highest BCUT2D eigenvalue weighted by molar-refractivity contribution is 5.87. The monoisotopic (exact) mass is 288 g/mol. The van der Waals surface area contributed by atoms with Crippen molar-refractivity contribution in [1.82, 2.24) is 10.6 Å². The van der Waals surface area contributed by atoms with Gasteiger partial charge in [-0.15, -0.1) is 0 Å². The first-order valence-corrected chi connectivity index (χ1v) is 7.17. The third kappa shape index (κ3) is 4.95. The number of amides is 2. The molecule has 0 bridgehead atoms. The van der Waals surface area contributed by atoms with E-state index in [2.05, 4.69) is 22.8 Å². The third-order valence-electron chi connectivity index (χ3n) is 3.48. The topological polar surface area (TPSA) is 78.4 Å². The van der Waals surface area contributed by atoms with Crippen LogP contribution >= 0.6 is 0 Å². The van der Waals surface area contributed by atoms with Gasteiger partial charge in [0.25, 0.3) is 0 Å². The molecule has 0 heterocycles. The van der Waals surface area contributed by atoms with Gasteiger partial charge in [-0.2, -0.15) is 0 Å². The molecular weight excluding hydrogens is 268 g/mol. The van der Waals surface area contributed by atoms with Crippen molar-refractivity contribution in [2.24, 2.45) is 0 Å². The predicted molar refractivity (Wildman–Crippen MR) is 80.4 cm³/mol. The summed E-state index contributed by atoms with van der Waals surface area (Å²) in [6.45, 7) is 0.484. The number of nitrogens with one attached hydrogen (secondary N) is 2. The molecule has 0 radical (unpaired) electrons. The molecule has 0 aromatic heterocycles. The van der Waals surface area contributed by atoms with Gasteiger partial charge in [0.15, 0.2) is 0 Å². The van der Waals surface area contributed by atoms with Crippen molar-refractivity contribution in [2.45, 2.75) is 31.7 Å². The first kappa shape index (κ1) is 15.1. The number of benzene rings is 1. The van der Waals surface area contributed by atoms with E-state index in [1.54, 1.807) is 18.2 Å². The molecule has 1 aliphatic carbocycles. The Morgan fingerprint density at radius 1 is 1.29 bits per heavy atom. The number of urea groups is 1. The Morgan fingerprint density at radius 2 is 2.14 bits per heavy atom. The maximum absolute atomic E-state index is 11.7. The van der Waals surface area contributed by atoms with Crippen LogP contribution in [0.1, 0.15) is 35.2 Å². The molecule has 2 amide bonds. The van der Waals surface area contributed by atoms with Crippen LogP contribution in [0.3, 0.4) is 0 Å². The minimum absolute atomic E-state index is 0.162. The molecular formula is C16H20N2O3. The van der Waals surface area contributed by atoms with E-state index in [9.17, 15) is 9.59 Å². The van der Waals surface area contributed by atoms with Gasteiger partial charge in [-0.25, -0.2) is 9.59 Å². The van der Waals surface area contributed by atoms with Gasteiger partial charge in [-0.3, -0.25) is 0 Å². The largest absolute Gasteiger partial charge is 0.478 e. The molecule has 21 heavy (non-hydrogen) atoms. The summed E-state index contributed by atoms with van der Waals surface area (Å²) < 4.78 is 0. The number of hydrogen-bond acceptors (Lipinski definition) is 2.